The van der Waals surface area contributed by atoms with Gasteiger partial charge in [0.2, 0.25) is 0 Å². The molecule has 0 aliphatic carbocycles. The molecule has 0 aliphatic heterocycles. The van der Waals surface area contributed by atoms with Crippen molar-refractivity contribution in [2.45, 2.75) is 5.16 Å². The number of benzene rings is 3. The van der Waals surface area contributed by atoms with Crippen LogP contribution in [0.25, 0.3) is 44.3 Å². The molecule has 8 nitrogen and oxygen atoms in total. The minimum atomic E-state index is -0.940. The number of nitroso groups, excluding NO2 is 1. The number of carboxylic acids is 1. The van der Waals surface area contributed by atoms with E-state index in [1.165, 1.54) is 0 Å². The number of hydrogen-bond donors (Lipinski definition) is 3. The fraction of sp³-hybridized carbons (Fsp3) is 0.0455. The summed E-state index contributed by atoms with van der Waals surface area (Å²) in [6.45, 7) is 0. The lowest BCUT2D eigenvalue weighted by molar-refractivity contribution is -0.133. The molecule has 3 aromatic carbocycles. The van der Waals surface area contributed by atoms with Gasteiger partial charge in [-0.2, -0.15) is 0 Å². The van der Waals surface area contributed by atoms with Crippen molar-refractivity contribution in [1.82, 2.24) is 20.2 Å². The van der Waals surface area contributed by atoms with Gasteiger partial charge in [-0.05, 0) is 46.6 Å². The summed E-state index contributed by atoms with van der Waals surface area (Å²) >= 11 is 1.04. The summed E-state index contributed by atoms with van der Waals surface area (Å²) < 4.78 is 0. The number of para-hydroxylation sites is 1. The molecule has 3 N–H and O–H groups in total. The normalized spacial score (nSPS) is 11.2. The number of aliphatic carboxylic acids is 1. The second kappa shape index (κ2) is 7.69. The summed E-state index contributed by atoms with van der Waals surface area (Å²) in [6, 6.07) is 19.4. The predicted octanol–water partition coefficient (Wildman–Crippen LogP) is 5.35. The molecule has 0 bridgehead atoms. The first-order chi connectivity index (χ1) is 15.1. The Bertz CT molecular complexity index is 1460. The summed E-state index contributed by atoms with van der Waals surface area (Å²) in [7, 11) is 0. The van der Waals surface area contributed by atoms with Crippen LogP contribution in [0.1, 0.15) is 0 Å². The van der Waals surface area contributed by atoms with Crippen LogP contribution in [0.5, 0.6) is 0 Å². The van der Waals surface area contributed by atoms with Crippen molar-refractivity contribution in [2.24, 2.45) is 5.18 Å². The SMILES string of the molecule is O=Nc1cc(-c2ccc3c(c2)[nH]c2ccccc23)cc(-c2nnc(SCC(=O)O)[nH]2)c1. The smallest absolute Gasteiger partial charge is 0.313 e. The van der Waals surface area contributed by atoms with Gasteiger partial charge in [0.1, 0.15) is 5.69 Å². The molecule has 5 aromatic rings. The summed E-state index contributed by atoms with van der Waals surface area (Å²) in [4.78, 5) is 28.5. The van der Waals surface area contributed by atoms with Gasteiger partial charge in [0.15, 0.2) is 11.0 Å². The van der Waals surface area contributed by atoms with E-state index in [2.05, 4.69) is 37.5 Å². The van der Waals surface area contributed by atoms with Gasteiger partial charge in [-0.25, -0.2) is 0 Å². The molecule has 0 amide bonds. The third-order valence-corrected chi connectivity index (χ3v) is 5.78. The van der Waals surface area contributed by atoms with Crippen molar-refractivity contribution >= 4 is 45.2 Å². The fourth-order valence-corrected chi connectivity index (χ4v) is 4.10. The number of nitrogens with one attached hydrogen (secondary N) is 2. The Hall–Kier alpha value is -3.98. The molecular formula is C22H15N5O3S. The number of carboxylic acid groups (broad SMARTS) is 1. The molecule has 31 heavy (non-hydrogen) atoms. The van der Waals surface area contributed by atoms with Gasteiger partial charge in [0.05, 0.1) is 5.75 Å². The Morgan fingerprint density at radius 1 is 0.903 bits per heavy atom. The lowest BCUT2D eigenvalue weighted by Gasteiger charge is -2.06. The molecule has 0 saturated heterocycles. The molecule has 0 saturated carbocycles. The molecule has 0 unspecified atom stereocenters. The van der Waals surface area contributed by atoms with Gasteiger partial charge in [-0.15, -0.1) is 15.1 Å². The summed E-state index contributed by atoms with van der Waals surface area (Å²) in [5, 5.41) is 22.6. The van der Waals surface area contributed by atoms with E-state index in [0.29, 0.717) is 16.5 Å². The van der Waals surface area contributed by atoms with E-state index in [9.17, 15) is 9.70 Å². The molecular weight excluding hydrogens is 414 g/mol. The van der Waals surface area contributed by atoms with Gasteiger partial charge in [0, 0.05) is 27.4 Å². The Balaban J connectivity index is 1.56. The Kier molecular flexibility index (Phi) is 4.72. The quantitative estimate of drug-likeness (QED) is 0.247. The Morgan fingerprint density at radius 3 is 2.55 bits per heavy atom. The first-order valence-corrected chi connectivity index (χ1v) is 10.4. The third kappa shape index (κ3) is 3.66. The maximum Gasteiger partial charge on any atom is 0.313 e. The largest absolute Gasteiger partial charge is 0.481 e. The third-order valence-electron chi connectivity index (χ3n) is 4.93. The minimum Gasteiger partial charge on any atom is -0.481 e. The van der Waals surface area contributed by atoms with Crippen LogP contribution in [0.4, 0.5) is 5.69 Å². The number of rotatable bonds is 6. The number of H-pyrrole nitrogens is 2. The molecule has 9 heteroatoms. The molecule has 0 radical (unpaired) electrons. The van der Waals surface area contributed by atoms with Crippen LogP contribution in [0.15, 0.2) is 71.0 Å². The van der Waals surface area contributed by atoms with E-state index in [1.54, 1.807) is 12.1 Å². The van der Waals surface area contributed by atoms with E-state index in [-0.39, 0.29) is 11.4 Å². The molecule has 2 aromatic heterocycles. The van der Waals surface area contributed by atoms with E-state index < -0.39 is 5.97 Å². The molecule has 2 heterocycles. The zero-order valence-corrected chi connectivity index (χ0v) is 16.8. The van der Waals surface area contributed by atoms with Gasteiger partial charge in [0.25, 0.3) is 0 Å². The lowest BCUT2D eigenvalue weighted by atomic mass is 10.0. The van der Waals surface area contributed by atoms with E-state index in [0.717, 1.165) is 44.7 Å². The van der Waals surface area contributed by atoms with Crippen LogP contribution >= 0.6 is 11.8 Å². The van der Waals surface area contributed by atoms with E-state index >= 15 is 0 Å². The topological polar surface area (TPSA) is 124 Å². The van der Waals surface area contributed by atoms with Gasteiger partial charge in [-0.1, -0.05) is 42.1 Å². The number of aromatic amines is 2. The fourth-order valence-electron chi connectivity index (χ4n) is 3.57. The highest BCUT2D eigenvalue weighted by Gasteiger charge is 2.12. The Morgan fingerprint density at radius 2 is 1.71 bits per heavy atom. The van der Waals surface area contributed by atoms with Crippen LogP contribution in [-0.2, 0) is 4.79 Å². The molecule has 152 valence electrons. The minimum absolute atomic E-state index is 0.125. The monoisotopic (exact) mass is 429 g/mol. The van der Waals surface area contributed by atoms with Gasteiger partial charge in [-0.3, -0.25) is 4.79 Å². The average molecular weight is 429 g/mol. The van der Waals surface area contributed by atoms with Gasteiger partial charge >= 0.3 is 5.97 Å². The van der Waals surface area contributed by atoms with Crippen molar-refractivity contribution in [3.8, 4) is 22.5 Å². The zero-order valence-electron chi connectivity index (χ0n) is 16.0. The van der Waals surface area contributed by atoms with Crippen molar-refractivity contribution in [3.63, 3.8) is 0 Å². The van der Waals surface area contributed by atoms with Crippen LogP contribution < -0.4 is 0 Å². The predicted molar refractivity (Wildman–Crippen MR) is 120 cm³/mol. The highest BCUT2D eigenvalue weighted by molar-refractivity contribution is 7.99. The van der Waals surface area contributed by atoms with Crippen LogP contribution in [0.3, 0.4) is 0 Å². The van der Waals surface area contributed by atoms with Crippen molar-refractivity contribution < 1.29 is 9.90 Å². The number of fused-ring (bicyclic) bond motifs is 3. The second-order valence-corrected chi connectivity index (χ2v) is 7.92. The molecule has 0 aliphatic rings. The van der Waals surface area contributed by atoms with Crippen molar-refractivity contribution in [2.75, 3.05) is 5.75 Å². The summed E-state index contributed by atoms with van der Waals surface area (Å²) in [6.07, 6.45) is 0. The van der Waals surface area contributed by atoms with Crippen LogP contribution in [0.2, 0.25) is 0 Å². The number of aromatic nitrogens is 4. The van der Waals surface area contributed by atoms with Gasteiger partial charge < -0.3 is 15.1 Å². The lowest BCUT2D eigenvalue weighted by Crippen LogP contribution is -1.97. The van der Waals surface area contributed by atoms with Crippen LogP contribution in [-0.4, -0.2) is 37.0 Å². The number of nitrogens with zero attached hydrogens (tertiary/aromatic N) is 3. The maximum atomic E-state index is 11.3. The maximum absolute atomic E-state index is 11.3. The molecule has 0 spiro atoms. The van der Waals surface area contributed by atoms with Crippen molar-refractivity contribution in [3.05, 3.63) is 65.6 Å². The number of hydrogen-bond acceptors (Lipinski definition) is 6. The standard InChI is InChI=1S/C22H15N5O3S/c28-20(29)11-31-22-24-21(25-26-22)14-7-13(8-15(9-14)27-30)12-5-6-17-16-3-1-2-4-18(16)23-19(17)10-12/h1-10,23H,11H2,(H,28,29)(H,24,25,26). The summed E-state index contributed by atoms with van der Waals surface area (Å²) in [5.74, 6) is -0.628. The number of carbonyl (C=O) groups is 1. The second-order valence-electron chi connectivity index (χ2n) is 6.95. The molecule has 0 atom stereocenters. The highest BCUT2D eigenvalue weighted by Crippen LogP contribution is 2.34. The summed E-state index contributed by atoms with van der Waals surface area (Å²) in [5.41, 5.74) is 4.69. The van der Waals surface area contributed by atoms with E-state index in [1.807, 2.05) is 36.4 Å². The van der Waals surface area contributed by atoms with E-state index in [4.69, 9.17) is 5.11 Å². The highest BCUT2D eigenvalue weighted by atomic mass is 32.2. The number of thioether (sulfide) groups is 1. The first kappa shape index (κ1) is 19.0. The molecule has 5 rings (SSSR count). The zero-order chi connectivity index (χ0) is 21.4. The average Bonchev–Trinajstić information content (AvgIpc) is 3.41. The Labute approximate surface area is 179 Å². The van der Waals surface area contributed by atoms with Crippen LogP contribution in [0, 0.1) is 4.91 Å². The molecule has 0 fully saturated rings. The first-order valence-electron chi connectivity index (χ1n) is 9.37. The van der Waals surface area contributed by atoms with Crippen molar-refractivity contribution in [1.29, 1.82) is 0 Å².